The number of benzene rings is 2. The quantitative estimate of drug-likeness (QED) is 0.245. The smallest absolute Gasteiger partial charge is 0.418 e. The molecule has 210 valence electrons. The Balaban J connectivity index is 1.49. The average Bonchev–Trinajstić information content (AvgIpc) is 3.37. The first kappa shape index (κ1) is 27.7. The van der Waals surface area contributed by atoms with Crippen molar-refractivity contribution in [3.05, 3.63) is 59.8 Å². The summed E-state index contributed by atoms with van der Waals surface area (Å²) in [5.74, 6) is 0.890. The van der Waals surface area contributed by atoms with E-state index in [1.807, 2.05) is 32.0 Å². The average molecular weight is 571 g/mol. The van der Waals surface area contributed by atoms with Gasteiger partial charge in [-0.25, -0.2) is 15.0 Å². The van der Waals surface area contributed by atoms with Crippen molar-refractivity contribution in [2.24, 2.45) is 0 Å². The monoisotopic (exact) mass is 570 g/mol. The van der Waals surface area contributed by atoms with Crippen LogP contribution >= 0.6 is 11.3 Å². The molecule has 0 aliphatic carbocycles. The maximum Gasteiger partial charge on any atom is 0.418 e. The first-order valence-corrected chi connectivity index (χ1v) is 13.6. The van der Waals surface area contributed by atoms with Crippen molar-refractivity contribution >= 4 is 33.8 Å². The van der Waals surface area contributed by atoms with E-state index in [9.17, 15) is 13.2 Å². The minimum atomic E-state index is -4.52. The van der Waals surface area contributed by atoms with Crippen molar-refractivity contribution in [2.45, 2.75) is 20.0 Å². The molecule has 0 amide bonds. The van der Waals surface area contributed by atoms with Crippen molar-refractivity contribution in [1.82, 2.24) is 15.0 Å². The molecular formula is C28H29F3N6O2S. The first-order chi connectivity index (χ1) is 19.2. The van der Waals surface area contributed by atoms with Crippen LogP contribution in [0, 0.1) is 6.92 Å². The molecular weight excluding hydrogens is 541 g/mol. The third-order valence-corrected chi connectivity index (χ3v) is 7.35. The highest BCUT2D eigenvalue weighted by molar-refractivity contribution is 7.19. The van der Waals surface area contributed by atoms with Gasteiger partial charge in [0.25, 0.3) is 0 Å². The fraction of sp³-hybridized carbons (Fsp3) is 0.321. The molecule has 1 saturated heterocycles. The number of thiazole rings is 1. The van der Waals surface area contributed by atoms with E-state index in [1.54, 1.807) is 30.3 Å². The predicted octanol–water partition coefficient (Wildman–Crippen LogP) is 6.61. The Morgan fingerprint density at radius 3 is 2.60 bits per heavy atom. The van der Waals surface area contributed by atoms with Gasteiger partial charge in [-0.3, -0.25) is 0 Å². The Kier molecular flexibility index (Phi) is 8.08. The van der Waals surface area contributed by atoms with Crippen LogP contribution in [0.15, 0.2) is 48.7 Å². The van der Waals surface area contributed by atoms with E-state index in [4.69, 9.17) is 14.5 Å². The van der Waals surface area contributed by atoms with Gasteiger partial charge in [0.15, 0.2) is 5.13 Å². The molecule has 0 atom stereocenters. The van der Waals surface area contributed by atoms with Crippen molar-refractivity contribution in [3.8, 4) is 27.6 Å². The number of anilines is 4. The van der Waals surface area contributed by atoms with E-state index >= 15 is 0 Å². The van der Waals surface area contributed by atoms with Crippen molar-refractivity contribution in [2.75, 3.05) is 55.5 Å². The molecule has 0 bridgehead atoms. The molecule has 0 unspecified atom stereocenters. The number of morpholine rings is 1. The van der Waals surface area contributed by atoms with Gasteiger partial charge in [0.05, 0.1) is 42.2 Å². The number of hydrogen-bond donors (Lipinski definition) is 2. The molecule has 0 spiro atoms. The minimum absolute atomic E-state index is 0.134. The summed E-state index contributed by atoms with van der Waals surface area (Å²) >= 11 is 1.44. The zero-order valence-corrected chi connectivity index (χ0v) is 23.1. The molecule has 40 heavy (non-hydrogen) atoms. The number of hydrogen-bond acceptors (Lipinski definition) is 9. The van der Waals surface area contributed by atoms with Crippen LogP contribution < -0.4 is 20.3 Å². The summed E-state index contributed by atoms with van der Waals surface area (Å²) in [5.41, 5.74) is 2.86. The lowest BCUT2D eigenvalue weighted by atomic mass is 10.1. The third kappa shape index (κ3) is 6.13. The normalized spacial score (nSPS) is 13.8. The van der Waals surface area contributed by atoms with Gasteiger partial charge in [0.2, 0.25) is 5.95 Å². The van der Waals surface area contributed by atoms with Crippen molar-refractivity contribution < 1.29 is 22.6 Å². The van der Waals surface area contributed by atoms with Crippen LogP contribution in [0.5, 0.6) is 5.75 Å². The van der Waals surface area contributed by atoms with E-state index in [-0.39, 0.29) is 17.3 Å². The standard InChI is InChI=1S/C28H29F3N6O2S/c1-4-32-27-36-24(18-13-17(2)14-20(15-18)38-3)25(40-27)22-7-8-33-26(35-22)34-19-5-6-23(21(16-19)28(29,30)31)37-9-11-39-12-10-37/h5-8,13-16H,4,9-12H2,1-3H3,(H,32,36)(H,33,34,35). The van der Waals surface area contributed by atoms with Gasteiger partial charge in [-0.2, -0.15) is 13.2 Å². The first-order valence-electron chi connectivity index (χ1n) is 12.8. The number of rotatable bonds is 8. The largest absolute Gasteiger partial charge is 0.497 e. The second-order valence-corrected chi connectivity index (χ2v) is 10.2. The Bertz CT molecular complexity index is 1490. The molecule has 8 nitrogen and oxygen atoms in total. The van der Waals surface area contributed by atoms with Crippen LogP contribution in [0.3, 0.4) is 0 Å². The van der Waals surface area contributed by atoms with Crippen molar-refractivity contribution in [1.29, 1.82) is 0 Å². The molecule has 12 heteroatoms. The van der Waals surface area contributed by atoms with E-state index in [2.05, 4.69) is 20.6 Å². The van der Waals surface area contributed by atoms with E-state index in [1.165, 1.54) is 17.4 Å². The van der Waals surface area contributed by atoms with Crippen LogP contribution in [-0.2, 0) is 10.9 Å². The van der Waals surface area contributed by atoms with Crippen LogP contribution in [0.4, 0.5) is 35.6 Å². The number of aromatic nitrogens is 3. The van der Waals surface area contributed by atoms with Crippen LogP contribution in [0.1, 0.15) is 18.1 Å². The molecule has 3 heterocycles. The SMILES string of the molecule is CCNc1nc(-c2cc(C)cc(OC)c2)c(-c2ccnc(Nc3ccc(N4CCOCC4)c(C(F)(F)F)c3)n2)s1. The number of alkyl halides is 3. The lowest BCUT2D eigenvalue weighted by Gasteiger charge is -2.31. The number of aryl methyl sites for hydroxylation is 1. The summed E-state index contributed by atoms with van der Waals surface area (Å²) in [6.45, 7) is 6.25. The molecule has 2 aromatic heterocycles. The van der Waals surface area contributed by atoms with Gasteiger partial charge in [0.1, 0.15) is 5.75 Å². The molecule has 1 aliphatic heterocycles. The Labute approximate surface area is 234 Å². The topological polar surface area (TPSA) is 84.4 Å². The molecule has 2 N–H and O–H groups in total. The number of halogens is 3. The fourth-order valence-electron chi connectivity index (χ4n) is 4.51. The van der Waals surface area contributed by atoms with Crippen LogP contribution in [-0.4, -0.2) is 54.9 Å². The Morgan fingerprint density at radius 1 is 1.07 bits per heavy atom. The highest BCUT2D eigenvalue weighted by Gasteiger charge is 2.35. The molecule has 0 radical (unpaired) electrons. The fourth-order valence-corrected chi connectivity index (χ4v) is 5.54. The summed E-state index contributed by atoms with van der Waals surface area (Å²) in [4.78, 5) is 16.2. The predicted molar refractivity (Wildman–Crippen MR) is 152 cm³/mol. The number of methoxy groups -OCH3 is 1. The summed E-state index contributed by atoms with van der Waals surface area (Å²) in [6.07, 6.45) is -2.95. The van der Waals surface area contributed by atoms with Gasteiger partial charge in [-0.1, -0.05) is 11.3 Å². The molecule has 5 rings (SSSR count). The second kappa shape index (κ2) is 11.7. The van der Waals surface area contributed by atoms with Crippen LogP contribution in [0.25, 0.3) is 21.8 Å². The molecule has 0 saturated carbocycles. The zero-order chi connectivity index (χ0) is 28.3. The Hall–Kier alpha value is -3.90. The molecule has 4 aromatic rings. The lowest BCUT2D eigenvalue weighted by molar-refractivity contribution is -0.137. The molecule has 1 fully saturated rings. The van der Waals surface area contributed by atoms with Gasteiger partial charge >= 0.3 is 6.18 Å². The third-order valence-electron chi connectivity index (χ3n) is 6.31. The Morgan fingerprint density at radius 2 is 1.88 bits per heavy atom. The van der Waals surface area contributed by atoms with Gasteiger partial charge in [0, 0.05) is 42.8 Å². The van der Waals surface area contributed by atoms with Gasteiger partial charge in [-0.15, -0.1) is 0 Å². The number of ether oxygens (including phenoxy) is 2. The summed E-state index contributed by atoms with van der Waals surface area (Å²) in [5, 5.41) is 6.95. The maximum atomic E-state index is 14.0. The number of nitrogens with zero attached hydrogens (tertiary/aromatic N) is 4. The summed E-state index contributed by atoms with van der Waals surface area (Å²) in [6, 6.07) is 11.8. The highest BCUT2D eigenvalue weighted by atomic mass is 32.1. The highest BCUT2D eigenvalue weighted by Crippen LogP contribution is 2.41. The lowest BCUT2D eigenvalue weighted by Crippen LogP contribution is -2.37. The number of nitrogens with one attached hydrogen (secondary N) is 2. The van der Waals surface area contributed by atoms with Crippen molar-refractivity contribution in [3.63, 3.8) is 0 Å². The van der Waals surface area contributed by atoms with E-state index in [0.717, 1.165) is 32.9 Å². The van der Waals surface area contributed by atoms with Gasteiger partial charge in [-0.05, 0) is 61.9 Å². The van der Waals surface area contributed by atoms with E-state index in [0.29, 0.717) is 44.3 Å². The zero-order valence-electron chi connectivity index (χ0n) is 22.3. The van der Waals surface area contributed by atoms with Crippen LogP contribution in [0.2, 0.25) is 0 Å². The summed E-state index contributed by atoms with van der Waals surface area (Å²) in [7, 11) is 1.62. The molecule has 1 aliphatic rings. The molecule has 2 aromatic carbocycles. The summed E-state index contributed by atoms with van der Waals surface area (Å²) < 4.78 is 52.8. The van der Waals surface area contributed by atoms with E-state index < -0.39 is 11.7 Å². The second-order valence-electron chi connectivity index (χ2n) is 9.19. The minimum Gasteiger partial charge on any atom is -0.497 e. The van der Waals surface area contributed by atoms with Gasteiger partial charge < -0.3 is 25.0 Å². The maximum absolute atomic E-state index is 14.0.